The number of aromatic nitrogens is 1. The van der Waals surface area contributed by atoms with Crippen LogP contribution in [0.5, 0.6) is 0 Å². The van der Waals surface area contributed by atoms with Gasteiger partial charge in [0.05, 0.1) is 5.52 Å². The quantitative estimate of drug-likeness (QED) is 0.260. The Morgan fingerprint density at radius 2 is 1.32 bits per heavy atom. The number of rotatable bonds is 0. The number of benzene rings is 4. The average molecular weight is 281 g/mol. The van der Waals surface area contributed by atoms with Crippen LogP contribution in [0.4, 0.5) is 0 Å². The molecule has 1 nitrogen and oxygen atoms in total. The first-order valence-electron chi connectivity index (χ1n) is 7.66. The lowest BCUT2D eigenvalue weighted by Crippen LogP contribution is -1.90. The van der Waals surface area contributed by atoms with Crippen LogP contribution >= 0.6 is 0 Å². The van der Waals surface area contributed by atoms with Gasteiger partial charge < -0.3 is 0 Å². The second-order valence-electron chi connectivity index (χ2n) is 6.29. The highest BCUT2D eigenvalue weighted by atomic mass is 14.6. The van der Waals surface area contributed by atoms with Crippen LogP contribution in [0.25, 0.3) is 43.2 Å². The fourth-order valence-electron chi connectivity index (χ4n) is 3.87. The Balaban J connectivity index is 2.29. The van der Waals surface area contributed by atoms with E-state index in [2.05, 4.69) is 56.3 Å². The van der Waals surface area contributed by atoms with Crippen LogP contribution in [-0.4, -0.2) is 4.98 Å². The Morgan fingerprint density at radius 3 is 2.05 bits per heavy atom. The highest BCUT2D eigenvalue weighted by molar-refractivity contribution is 6.33. The van der Waals surface area contributed by atoms with Gasteiger partial charge in [0.1, 0.15) is 0 Å². The van der Waals surface area contributed by atoms with Gasteiger partial charge in [-0.15, -0.1) is 0 Å². The summed E-state index contributed by atoms with van der Waals surface area (Å²) in [5.41, 5.74) is 3.70. The summed E-state index contributed by atoms with van der Waals surface area (Å²) in [6.07, 6.45) is 1.90. The van der Waals surface area contributed by atoms with Gasteiger partial charge in [-0.05, 0) is 64.0 Å². The molecule has 0 aliphatic rings. The Hall–Kier alpha value is -2.67. The van der Waals surface area contributed by atoms with Gasteiger partial charge in [0.2, 0.25) is 0 Å². The van der Waals surface area contributed by atoms with E-state index in [1.807, 2.05) is 12.3 Å². The molecule has 0 N–H and O–H groups in total. The zero-order chi connectivity index (χ0) is 14.8. The van der Waals surface area contributed by atoms with Gasteiger partial charge in [-0.1, -0.05) is 36.4 Å². The molecule has 0 bridgehead atoms. The van der Waals surface area contributed by atoms with Crippen LogP contribution in [0.15, 0.2) is 54.7 Å². The third-order valence-corrected chi connectivity index (χ3v) is 4.67. The lowest BCUT2D eigenvalue weighted by molar-refractivity contribution is 1.43. The van der Waals surface area contributed by atoms with Gasteiger partial charge in [0.15, 0.2) is 0 Å². The van der Waals surface area contributed by atoms with Crippen molar-refractivity contribution >= 4 is 43.2 Å². The predicted molar refractivity (Wildman–Crippen MR) is 94.9 cm³/mol. The molecule has 0 spiro atoms. The standard InChI is InChI=1S/C21H15N/c1-12-8-14-5-6-15-9-13(2)11-18-20(15)19(14)17(10-12)16-4-3-7-22-21(16)18/h3-11H,1-2H3. The fourth-order valence-corrected chi connectivity index (χ4v) is 3.87. The largest absolute Gasteiger partial charge is 0.256 e. The fraction of sp³-hybridized carbons (Fsp3) is 0.0952. The molecule has 1 aromatic heterocycles. The SMILES string of the molecule is Cc1cc2ccc3cc(C)cc4c5ncccc5c(c1)c2c34. The number of nitrogens with zero attached hydrogens (tertiary/aromatic N) is 1. The molecule has 22 heavy (non-hydrogen) atoms. The highest BCUT2D eigenvalue weighted by Crippen LogP contribution is 2.40. The van der Waals surface area contributed by atoms with Crippen LogP contribution in [0.2, 0.25) is 0 Å². The molecule has 0 unspecified atom stereocenters. The monoisotopic (exact) mass is 281 g/mol. The van der Waals surface area contributed by atoms with Crippen molar-refractivity contribution in [2.24, 2.45) is 0 Å². The van der Waals surface area contributed by atoms with E-state index in [1.54, 1.807) is 0 Å². The van der Waals surface area contributed by atoms with Gasteiger partial charge >= 0.3 is 0 Å². The van der Waals surface area contributed by atoms with E-state index in [0.29, 0.717) is 0 Å². The second kappa shape index (κ2) is 3.95. The minimum absolute atomic E-state index is 1.11. The molecule has 1 heteroatoms. The molecule has 104 valence electrons. The maximum absolute atomic E-state index is 4.70. The summed E-state index contributed by atoms with van der Waals surface area (Å²) in [6, 6.07) is 17.8. The first-order chi connectivity index (χ1) is 10.7. The summed E-state index contributed by atoms with van der Waals surface area (Å²) >= 11 is 0. The molecule has 4 aromatic carbocycles. The van der Waals surface area contributed by atoms with Crippen molar-refractivity contribution < 1.29 is 0 Å². The van der Waals surface area contributed by atoms with E-state index < -0.39 is 0 Å². The summed E-state index contributed by atoms with van der Waals surface area (Å²) in [7, 11) is 0. The molecule has 0 fully saturated rings. The highest BCUT2D eigenvalue weighted by Gasteiger charge is 2.14. The van der Waals surface area contributed by atoms with Crippen LogP contribution < -0.4 is 0 Å². The normalized spacial score (nSPS) is 12.1. The van der Waals surface area contributed by atoms with Gasteiger partial charge in [-0.3, -0.25) is 4.98 Å². The molecule has 0 atom stereocenters. The third kappa shape index (κ3) is 1.41. The minimum Gasteiger partial charge on any atom is -0.256 e. The van der Waals surface area contributed by atoms with E-state index in [1.165, 1.54) is 48.8 Å². The smallest absolute Gasteiger partial charge is 0.0787 e. The maximum Gasteiger partial charge on any atom is 0.0787 e. The second-order valence-corrected chi connectivity index (χ2v) is 6.29. The van der Waals surface area contributed by atoms with E-state index in [-0.39, 0.29) is 0 Å². The topological polar surface area (TPSA) is 12.9 Å². The van der Waals surface area contributed by atoms with Crippen molar-refractivity contribution in [2.45, 2.75) is 13.8 Å². The van der Waals surface area contributed by atoms with E-state index in [9.17, 15) is 0 Å². The number of hydrogen-bond acceptors (Lipinski definition) is 1. The molecule has 5 rings (SSSR count). The number of pyridine rings is 1. The molecule has 5 aromatic rings. The molecular weight excluding hydrogens is 266 g/mol. The van der Waals surface area contributed by atoms with Gasteiger partial charge in [0, 0.05) is 17.0 Å². The number of fused-ring (bicyclic) bond motifs is 3. The molecule has 0 aliphatic heterocycles. The molecule has 1 heterocycles. The van der Waals surface area contributed by atoms with Gasteiger partial charge in [0.25, 0.3) is 0 Å². The van der Waals surface area contributed by atoms with Crippen molar-refractivity contribution in [1.29, 1.82) is 0 Å². The van der Waals surface area contributed by atoms with E-state index in [4.69, 9.17) is 4.98 Å². The number of aryl methyl sites for hydroxylation is 2. The van der Waals surface area contributed by atoms with E-state index in [0.717, 1.165) is 5.52 Å². The third-order valence-electron chi connectivity index (χ3n) is 4.67. The Labute approximate surface area is 128 Å². The molecule has 0 saturated carbocycles. The summed E-state index contributed by atoms with van der Waals surface area (Å²) in [5, 5.41) is 9.20. The summed E-state index contributed by atoms with van der Waals surface area (Å²) in [5.74, 6) is 0. The zero-order valence-corrected chi connectivity index (χ0v) is 12.6. The molecule has 0 radical (unpaired) electrons. The first kappa shape index (κ1) is 11.9. The van der Waals surface area contributed by atoms with Crippen LogP contribution in [0, 0.1) is 13.8 Å². The lowest BCUT2D eigenvalue weighted by atomic mass is 9.89. The van der Waals surface area contributed by atoms with Crippen molar-refractivity contribution in [3.05, 3.63) is 65.9 Å². The van der Waals surface area contributed by atoms with Gasteiger partial charge in [-0.2, -0.15) is 0 Å². The van der Waals surface area contributed by atoms with Crippen molar-refractivity contribution in [3.8, 4) is 0 Å². The predicted octanol–water partition coefficient (Wildman–Crippen LogP) is 5.75. The average Bonchev–Trinajstić information content (AvgIpc) is 2.52. The van der Waals surface area contributed by atoms with Crippen LogP contribution in [0.3, 0.4) is 0 Å². The van der Waals surface area contributed by atoms with Crippen molar-refractivity contribution in [2.75, 3.05) is 0 Å². The number of hydrogen-bond donors (Lipinski definition) is 0. The summed E-state index contributed by atoms with van der Waals surface area (Å²) < 4.78 is 0. The Kier molecular flexibility index (Phi) is 2.14. The lowest BCUT2D eigenvalue weighted by Gasteiger charge is -2.15. The summed E-state index contributed by atoms with van der Waals surface area (Å²) in [4.78, 5) is 4.70. The van der Waals surface area contributed by atoms with Crippen LogP contribution in [0.1, 0.15) is 11.1 Å². The van der Waals surface area contributed by atoms with Crippen molar-refractivity contribution in [3.63, 3.8) is 0 Å². The van der Waals surface area contributed by atoms with Crippen molar-refractivity contribution in [1.82, 2.24) is 4.98 Å². The first-order valence-corrected chi connectivity index (χ1v) is 7.66. The van der Waals surface area contributed by atoms with Crippen LogP contribution in [-0.2, 0) is 0 Å². The maximum atomic E-state index is 4.70. The molecule has 0 amide bonds. The Bertz CT molecular complexity index is 1090. The molecule has 0 saturated heterocycles. The van der Waals surface area contributed by atoms with Gasteiger partial charge in [-0.25, -0.2) is 0 Å². The molecule has 0 aliphatic carbocycles. The van der Waals surface area contributed by atoms with E-state index >= 15 is 0 Å². The summed E-state index contributed by atoms with van der Waals surface area (Å²) in [6.45, 7) is 4.33. The molecular formula is C21H15N. The minimum atomic E-state index is 1.11. The Morgan fingerprint density at radius 1 is 0.682 bits per heavy atom. The zero-order valence-electron chi connectivity index (χ0n) is 12.6.